The number of anilines is 1. The Labute approximate surface area is 159 Å². The number of fused-ring (bicyclic) bond motifs is 1. The summed E-state index contributed by atoms with van der Waals surface area (Å²) in [5.41, 5.74) is 7.51. The van der Waals surface area contributed by atoms with Crippen molar-refractivity contribution in [2.24, 2.45) is 11.8 Å². The van der Waals surface area contributed by atoms with Gasteiger partial charge in [-0.15, -0.1) is 0 Å². The highest BCUT2D eigenvalue weighted by atomic mass is 19.1. The number of ether oxygens (including phenoxy) is 1. The van der Waals surface area contributed by atoms with E-state index in [1.807, 2.05) is 19.9 Å². The summed E-state index contributed by atoms with van der Waals surface area (Å²) in [5.74, 6) is 1.44. The lowest BCUT2D eigenvalue weighted by Gasteiger charge is -2.36. The first kappa shape index (κ1) is 19.0. The first-order chi connectivity index (χ1) is 13.0. The fourth-order valence-corrected chi connectivity index (χ4v) is 4.67. The van der Waals surface area contributed by atoms with Gasteiger partial charge in [0.25, 0.3) is 0 Å². The molecule has 0 aromatic carbocycles. The highest BCUT2D eigenvalue weighted by molar-refractivity contribution is 5.41. The minimum absolute atomic E-state index is 0.0127. The molecule has 27 heavy (non-hydrogen) atoms. The summed E-state index contributed by atoms with van der Waals surface area (Å²) in [4.78, 5) is 11.1. The quantitative estimate of drug-likeness (QED) is 0.712. The average molecular weight is 379 g/mol. The Balaban J connectivity index is 1.49. The molecule has 0 radical (unpaired) electrons. The van der Waals surface area contributed by atoms with E-state index in [4.69, 9.17) is 4.74 Å². The number of aromatic nitrogens is 2. The minimum Gasteiger partial charge on any atom is -0.396 e. The van der Waals surface area contributed by atoms with E-state index in [9.17, 15) is 9.50 Å². The SMILES string of the molecule is CC(C)OC1CC2C(CC1F)NNC2c1cc(N2CC[C@@H](CO)C2)ncn1. The van der Waals surface area contributed by atoms with Crippen molar-refractivity contribution in [1.29, 1.82) is 0 Å². The fraction of sp³-hybridized carbons (Fsp3) is 0.789. The van der Waals surface area contributed by atoms with Gasteiger partial charge in [0.15, 0.2) is 0 Å². The lowest BCUT2D eigenvalue weighted by atomic mass is 9.78. The lowest BCUT2D eigenvalue weighted by molar-refractivity contribution is -0.0708. The molecule has 1 aromatic heterocycles. The molecule has 3 N–H and O–H groups in total. The van der Waals surface area contributed by atoms with Crippen molar-refractivity contribution in [1.82, 2.24) is 20.8 Å². The zero-order valence-corrected chi connectivity index (χ0v) is 16.0. The Morgan fingerprint density at radius 3 is 2.93 bits per heavy atom. The fourth-order valence-electron chi connectivity index (χ4n) is 4.67. The molecule has 2 saturated heterocycles. The summed E-state index contributed by atoms with van der Waals surface area (Å²) in [5, 5.41) is 9.38. The smallest absolute Gasteiger partial charge is 0.132 e. The Morgan fingerprint density at radius 1 is 1.33 bits per heavy atom. The number of rotatable bonds is 5. The van der Waals surface area contributed by atoms with Gasteiger partial charge in [-0.05, 0) is 33.1 Å². The third-order valence-electron chi connectivity index (χ3n) is 6.06. The molecule has 7 nitrogen and oxygen atoms in total. The van der Waals surface area contributed by atoms with Crippen LogP contribution in [0.1, 0.15) is 44.8 Å². The molecule has 0 spiro atoms. The van der Waals surface area contributed by atoms with E-state index in [2.05, 4.69) is 25.7 Å². The molecular weight excluding hydrogens is 349 g/mol. The van der Waals surface area contributed by atoms with Gasteiger partial charge in [0.2, 0.25) is 0 Å². The van der Waals surface area contributed by atoms with E-state index in [1.54, 1.807) is 6.33 Å². The first-order valence-corrected chi connectivity index (χ1v) is 10.0. The van der Waals surface area contributed by atoms with Gasteiger partial charge < -0.3 is 14.7 Å². The number of nitrogens with zero attached hydrogens (tertiary/aromatic N) is 3. The third-order valence-corrected chi connectivity index (χ3v) is 6.06. The summed E-state index contributed by atoms with van der Waals surface area (Å²) >= 11 is 0. The molecule has 0 bridgehead atoms. The molecule has 2 aliphatic heterocycles. The molecule has 0 amide bonds. The summed E-state index contributed by atoms with van der Waals surface area (Å²) in [6.45, 7) is 5.84. The largest absolute Gasteiger partial charge is 0.396 e. The van der Waals surface area contributed by atoms with Crippen molar-refractivity contribution in [2.75, 3.05) is 24.6 Å². The normalized spacial score (nSPS) is 36.4. The van der Waals surface area contributed by atoms with Crippen LogP contribution >= 0.6 is 0 Å². The van der Waals surface area contributed by atoms with Crippen molar-refractivity contribution in [3.8, 4) is 0 Å². The molecule has 1 aliphatic carbocycles. The maximum atomic E-state index is 14.5. The molecule has 6 atom stereocenters. The van der Waals surface area contributed by atoms with Crippen molar-refractivity contribution in [2.45, 2.75) is 63.6 Å². The number of aliphatic hydroxyl groups excluding tert-OH is 1. The average Bonchev–Trinajstić information content (AvgIpc) is 3.28. The van der Waals surface area contributed by atoms with Crippen LogP contribution in [-0.2, 0) is 4.74 Å². The molecule has 3 heterocycles. The summed E-state index contributed by atoms with van der Waals surface area (Å²) in [7, 11) is 0. The van der Waals surface area contributed by atoms with Gasteiger partial charge in [0.1, 0.15) is 18.3 Å². The Bertz CT molecular complexity index is 648. The summed E-state index contributed by atoms with van der Waals surface area (Å²) in [6.07, 6.45) is 2.43. The lowest BCUT2D eigenvalue weighted by Crippen LogP contribution is -2.44. The maximum Gasteiger partial charge on any atom is 0.132 e. The molecule has 1 saturated carbocycles. The number of hydrazine groups is 1. The van der Waals surface area contributed by atoms with Gasteiger partial charge >= 0.3 is 0 Å². The molecular formula is C19H30FN5O2. The van der Waals surface area contributed by atoms with Crippen molar-refractivity contribution >= 4 is 5.82 Å². The number of nitrogens with one attached hydrogen (secondary N) is 2. The van der Waals surface area contributed by atoms with Crippen molar-refractivity contribution in [3.05, 3.63) is 18.1 Å². The van der Waals surface area contributed by atoms with Crippen LogP contribution in [-0.4, -0.2) is 59.2 Å². The molecule has 150 valence electrons. The van der Waals surface area contributed by atoms with Gasteiger partial charge in [0.05, 0.1) is 23.9 Å². The van der Waals surface area contributed by atoms with E-state index in [1.165, 1.54) is 0 Å². The van der Waals surface area contributed by atoms with Gasteiger partial charge in [0, 0.05) is 43.6 Å². The third kappa shape index (κ3) is 3.94. The maximum absolute atomic E-state index is 14.5. The van der Waals surface area contributed by atoms with Crippen LogP contribution in [0.25, 0.3) is 0 Å². The zero-order valence-electron chi connectivity index (χ0n) is 16.0. The van der Waals surface area contributed by atoms with Crippen LogP contribution in [0.15, 0.2) is 12.4 Å². The topological polar surface area (TPSA) is 82.5 Å². The Hall–Kier alpha value is -1.35. The van der Waals surface area contributed by atoms with E-state index >= 15 is 0 Å². The number of hydrogen-bond donors (Lipinski definition) is 3. The Morgan fingerprint density at radius 2 is 2.19 bits per heavy atom. The van der Waals surface area contributed by atoms with E-state index in [0.29, 0.717) is 18.8 Å². The molecule has 8 heteroatoms. The van der Waals surface area contributed by atoms with Crippen LogP contribution in [0.5, 0.6) is 0 Å². The monoisotopic (exact) mass is 379 g/mol. The van der Waals surface area contributed by atoms with Crippen molar-refractivity contribution < 1.29 is 14.2 Å². The standard InChI is InChI=1S/C19H30FN5O2/c1-11(2)27-17-5-13-15(6-14(17)20)23-24-19(13)16-7-18(22-10-21-16)25-4-3-12(8-25)9-26/h7,10-15,17,19,23-24,26H,3-6,8-9H2,1-2H3/t12-,13?,14?,15?,17?,19?/m1/s1. The highest BCUT2D eigenvalue weighted by Gasteiger charge is 2.46. The molecule has 4 rings (SSSR count). The van der Waals surface area contributed by atoms with Crippen LogP contribution in [0, 0.1) is 11.8 Å². The number of alkyl halides is 1. The molecule has 3 aliphatic rings. The molecule has 3 fully saturated rings. The van der Waals surface area contributed by atoms with Gasteiger partial charge in [-0.1, -0.05) is 0 Å². The van der Waals surface area contributed by atoms with E-state index in [-0.39, 0.29) is 36.8 Å². The van der Waals surface area contributed by atoms with Crippen molar-refractivity contribution in [3.63, 3.8) is 0 Å². The second-order valence-corrected chi connectivity index (χ2v) is 8.33. The summed E-state index contributed by atoms with van der Waals surface area (Å²) in [6, 6.07) is 2.13. The predicted molar refractivity (Wildman–Crippen MR) is 99.9 cm³/mol. The first-order valence-electron chi connectivity index (χ1n) is 10.0. The van der Waals surface area contributed by atoms with Crippen LogP contribution in [0.2, 0.25) is 0 Å². The Kier molecular flexibility index (Phi) is 5.59. The van der Waals surface area contributed by atoms with Crippen LogP contribution in [0.3, 0.4) is 0 Å². The summed E-state index contributed by atoms with van der Waals surface area (Å²) < 4.78 is 20.3. The van der Waals surface area contributed by atoms with Gasteiger partial charge in [-0.25, -0.2) is 19.8 Å². The van der Waals surface area contributed by atoms with Crippen LogP contribution in [0.4, 0.5) is 10.2 Å². The second kappa shape index (κ2) is 7.95. The predicted octanol–water partition coefficient (Wildman–Crippen LogP) is 1.35. The van der Waals surface area contributed by atoms with Gasteiger partial charge in [-0.2, -0.15) is 0 Å². The molecule has 5 unspecified atom stereocenters. The number of halogens is 1. The van der Waals surface area contributed by atoms with E-state index in [0.717, 1.165) is 31.0 Å². The van der Waals surface area contributed by atoms with Gasteiger partial charge in [-0.3, -0.25) is 5.43 Å². The van der Waals surface area contributed by atoms with Crippen LogP contribution < -0.4 is 15.8 Å². The second-order valence-electron chi connectivity index (χ2n) is 8.33. The highest BCUT2D eigenvalue weighted by Crippen LogP contribution is 2.40. The number of aliphatic hydroxyl groups is 1. The number of hydrogen-bond acceptors (Lipinski definition) is 7. The van der Waals surface area contributed by atoms with E-state index < -0.39 is 6.17 Å². The minimum atomic E-state index is -0.942. The molecule has 1 aromatic rings. The zero-order chi connectivity index (χ0) is 19.0.